The molecule has 8 nitrogen and oxygen atoms in total. The van der Waals surface area contributed by atoms with E-state index >= 15 is 0 Å². The summed E-state index contributed by atoms with van der Waals surface area (Å²) in [4.78, 5) is 12.2. The summed E-state index contributed by atoms with van der Waals surface area (Å²) in [6, 6.07) is 13.4. The first-order chi connectivity index (χ1) is 13.4. The summed E-state index contributed by atoms with van der Waals surface area (Å²) in [7, 11) is -2.10. The number of aromatic nitrogens is 2. The van der Waals surface area contributed by atoms with Crippen molar-refractivity contribution in [1.29, 1.82) is 0 Å². The molecule has 0 atom stereocenters. The van der Waals surface area contributed by atoms with E-state index in [0.29, 0.717) is 5.75 Å². The molecule has 0 radical (unpaired) electrons. The number of hydrogen-bond donors (Lipinski definition) is 1. The van der Waals surface area contributed by atoms with Crippen molar-refractivity contribution in [2.75, 3.05) is 18.2 Å². The average molecular weight is 401 g/mol. The fourth-order valence-electron chi connectivity index (χ4n) is 2.48. The van der Waals surface area contributed by atoms with Crippen LogP contribution in [0.15, 0.2) is 57.8 Å². The van der Waals surface area contributed by atoms with Crippen LogP contribution in [0.4, 0.5) is 6.01 Å². The number of ether oxygens (including phenoxy) is 1. The number of carbonyl (C=O) groups excluding carboxylic acids is 1. The maximum atomic E-state index is 12.3. The molecule has 28 heavy (non-hydrogen) atoms. The highest BCUT2D eigenvalue weighted by Crippen LogP contribution is 2.21. The quantitative estimate of drug-likeness (QED) is 0.648. The van der Waals surface area contributed by atoms with Crippen molar-refractivity contribution in [3.63, 3.8) is 0 Å². The lowest BCUT2D eigenvalue weighted by Crippen LogP contribution is -2.17. The molecule has 1 N–H and O–H groups in total. The number of nitrogens with zero attached hydrogens (tertiary/aromatic N) is 2. The van der Waals surface area contributed by atoms with Gasteiger partial charge in [-0.3, -0.25) is 10.1 Å². The minimum absolute atomic E-state index is 0.0802. The predicted octanol–water partition coefficient (Wildman–Crippen LogP) is 2.86. The van der Waals surface area contributed by atoms with E-state index in [9.17, 15) is 13.2 Å². The minimum Gasteiger partial charge on any atom is -0.497 e. The molecule has 0 bridgehead atoms. The molecule has 0 aliphatic heterocycles. The predicted molar refractivity (Wildman–Crippen MR) is 103 cm³/mol. The third kappa shape index (κ3) is 4.74. The minimum atomic E-state index is -3.60. The van der Waals surface area contributed by atoms with E-state index in [1.165, 1.54) is 19.2 Å². The van der Waals surface area contributed by atoms with E-state index < -0.39 is 15.7 Å². The molecule has 0 spiro atoms. The second kappa shape index (κ2) is 8.22. The zero-order valence-corrected chi connectivity index (χ0v) is 16.2. The van der Waals surface area contributed by atoms with Gasteiger partial charge in [0.2, 0.25) is 11.8 Å². The number of methoxy groups -OCH3 is 1. The highest BCUT2D eigenvalue weighted by molar-refractivity contribution is 7.91. The van der Waals surface area contributed by atoms with Gasteiger partial charge in [-0.15, -0.1) is 5.10 Å². The number of rotatable bonds is 7. The number of anilines is 1. The van der Waals surface area contributed by atoms with Gasteiger partial charge >= 0.3 is 6.01 Å². The molecule has 0 saturated heterocycles. The molecule has 0 fully saturated rings. The molecule has 3 aromatic rings. The number of benzene rings is 2. The van der Waals surface area contributed by atoms with Gasteiger partial charge in [0, 0.05) is 12.0 Å². The summed E-state index contributed by atoms with van der Waals surface area (Å²) in [6.45, 7) is 1.94. The lowest BCUT2D eigenvalue weighted by atomic mass is 10.1. The van der Waals surface area contributed by atoms with Crippen molar-refractivity contribution in [1.82, 2.24) is 10.2 Å². The molecule has 0 unspecified atom stereocenters. The first kappa shape index (κ1) is 19.6. The lowest BCUT2D eigenvalue weighted by Gasteiger charge is -2.05. The van der Waals surface area contributed by atoms with Crippen molar-refractivity contribution < 1.29 is 22.4 Å². The SMILES string of the molecule is COc1ccc(S(=O)(=O)CCC(=O)Nc2nnc(-c3cccc(C)c3)o2)cc1. The summed E-state index contributed by atoms with van der Waals surface area (Å²) in [5, 5.41) is 10.1. The van der Waals surface area contributed by atoms with Crippen molar-refractivity contribution in [3.05, 3.63) is 54.1 Å². The van der Waals surface area contributed by atoms with Gasteiger partial charge in [0.05, 0.1) is 17.8 Å². The van der Waals surface area contributed by atoms with Gasteiger partial charge < -0.3 is 9.15 Å². The molecule has 1 aromatic heterocycles. The third-order valence-corrected chi connectivity index (χ3v) is 5.68. The smallest absolute Gasteiger partial charge is 0.322 e. The molecular formula is C19H19N3O5S. The van der Waals surface area contributed by atoms with Gasteiger partial charge in [0.25, 0.3) is 0 Å². The molecule has 0 aliphatic rings. The van der Waals surface area contributed by atoms with Crippen LogP contribution in [0.2, 0.25) is 0 Å². The highest BCUT2D eigenvalue weighted by Gasteiger charge is 2.18. The van der Waals surface area contributed by atoms with Crippen molar-refractivity contribution >= 4 is 21.8 Å². The van der Waals surface area contributed by atoms with Gasteiger partial charge in [0.1, 0.15) is 5.75 Å². The normalized spacial score (nSPS) is 11.2. The standard InChI is InChI=1S/C19H19N3O5S/c1-13-4-3-5-14(12-13)18-21-22-19(27-18)20-17(23)10-11-28(24,25)16-8-6-15(26-2)7-9-16/h3-9,12H,10-11H2,1-2H3,(H,20,22,23). The Morgan fingerprint density at radius 2 is 1.89 bits per heavy atom. The summed E-state index contributed by atoms with van der Waals surface area (Å²) in [5.74, 6) is -0.0526. The molecular weight excluding hydrogens is 382 g/mol. The van der Waals surface area contributed by atoms with Gasteiger partial charge in [0.15, 0.2) is 9.84 Å². The summed E-state index contributed by atoms with van der Waals surface area (Å²) < 4.78 is 35.1. The summed E-state index contributed by atoms with van der Waals surface area (Å²) in [5.41, 5.74) is 1.76. The van der Waals surface area contributed by atoms with Crippen LogP contribution in [0.25, 0.3) is 11.5 Å². The van der Waals surface area contributed by atoms with E-state index in [1.54, 1.807) is 12.1 Å². The van der Waals surface area contributed by atoms with Crippen LogP contribution in [0, 0.1) is 6.92 Å². The van der Waals surface area contributed by atoms with Gasteiger partial charge in [-0.2, -0.15) is 0 Å². The largest absolute Gasteiger partial charge is 0.497 e. The Labute approximate surface area is 162 Å². The Kier molecular flexibility index (Phi) is 5.74. The molecule has 0 aliphatic carbocycles. The fraction of sp³-hybridized carbons (Fsp3) is 0.211. The van der Waals surface area contributed by atoms with E-state index in [4.69, 9.17) is 9.15 Å². The number of aryl methyl sites for hydroxylation is 1. The first-order valence-electron chi connectivity index (χ1n) is 8.44. The van der Waals surface area contributed by atoms with Crippen LogP contribution in [-0.2, 0) is 14.6 Å². The number of hydrogen-bond acceptors (Lipinski definition) is 7. The Balaban J connectivity index is 1.59. The second-order valence-electron chi connectivity index (χ2n) is 6.07. The van der Waals surface area contributed by atoms with Crippen LogP contribution in [0.3, 0.4) is 0 Å². The first-order valence-corrected chi connectivity index (χ1v) is 10.1. The molecule has 2 aromatic carbocycles. The van der Waals surface area contributed by atoms with Crippen molar-refractivity contribution in [3.8, 4) is 17.2 Å². The number of nitrogens with one attached hydrogen (secondary N) is 1. The average Bonchev–Trinajstić information content (AvgIpc) is 3.15. The Bertz CT molecular complexity index is 1070. The maximum absolute atomic E-state index is 12.3. The number of sulfone groups is 1. The van der Waals surface area contributed by atoms with Gasteiger partial charge in [-0.05, 0) is 43.3 Å². The van der Waals surface area contributed by atoms with E-state index in [-0.39, 0.29) is 29.0 Å². The zero-order chi connectivity index (χ0) is 20.1. The summed E-state index contributed by atoms with van der Waals surface area (Å²) >= 11 is 0. The number of amides is 1. The Morgan fingerprint density at radius 3 is 2.57 bits per heavy atom. The molecule has 1 amide bonds. The lowest BCUT2D eigenvalue weighted by molar-refractivity contribution is -0.115. The molecule has 0 saturated carbocycles. The van der Waals surface area contributed by atoms with Gasteiger partial charge in [-0.1, -0.05) is 22.8 Å². The van der Waals surface area contributed by atoms with Crippen LogP contribution in [0.1, 0.15) is 12.0 Å². The Morgan fingerprint density at radius 1 is 1.14 bits per heavy atom. The van der Waals surface area contributed by atoms with E-state index in [1.807, 2.05) is 31.2 Å². The third-order valence-electron chi connectivity index (χ3n) is 3.95. The molecule has 146 valence electrons. The monoisotopic (exact) mass is 401 g/mol. The zero-order valence-electron chi connectivity index (χ0n) is 15.4. The topological polar surface area (TPSA) is 111 Å². The van der Waals surface area contributed by atoms with Gasteiger partial charge in [-0.25, -0.2) is 8.42 Å². The van der Waals surface area contributed by atoms with Crippen molar-refractivity contribution in [2.45, 2.75) is 18.2 Å². The van der Waals surface area contributed by atoms with Crippen LogP contribution < -0.4 is 10.1 Å². The Hall–Kier alpha value is -3.20. The maximum Gasteiger partial charge on any atom is 0.322 e. The van der Waals surface area contributed by atoms with Crippen LogP contribution >= 0.6 is 0 Å². The van der Waals surface area contributed by atoms with Crippen LogP contribution in [-0.4, -0.2) is 37.4 Å². The van der Waals surface area contributed by atoms with E-state index in [2.05, 4.69) is 15.5 Å². The molecule has 9 heteroatoms. The van der Waals surface area contributed by atoms with E-state index in [0.717, 1.165) is 11.1 Å². The number of carbonyl (C=O) groups is 1. The summed E-state index contributed by atoms with van der Waals surface area (Å²) in [6.07, 6.45) is -0.240. The second-order valence-corrected chi connectivity index (χ2v) is 8.18. The molecule has 3 rings (SSSR count). The molecule has 1 heterocycles. The highest BCUT2D eigenvalue weighted by atomic mass is 32.2. The fourth-order valence-corrected chi connectivity index (χ4v) is 3.72. The van der Waals surface area contributed by atoms with Crippen molar-refractivity contribution in [2.24, 2.45) is 0 Å². The van der Waals surface area contributed by atoms with Crippen LogP contribution in [0.5, 0.6) is 5.75 Å².